The number of nitrogens with zero attached hydrogens (tertiary/aromatic N) is 1. The zero-order valence-corrected chi connectivity index (χ0v) is 7.75. The van der Waals surface area contributed by atoms with Crippen molar-refractivity contribution in [3.63, 3.8) is 0 Å². The van der Waals surface area contributed by atoms with E-state index >= 15 is 0 Å². The Morgan fingerprint density at radius 2 is 1.58 bits per heavy atom. The molecule has 0 unspecified atom stereocenters. The second kappa shape index (κ2) is 3.08. The van der Waals surface area contributed by atoms with E-state index in [4.69, 9.17) is 0 Å². The number of likely N-dealkylation sites (tertiary alicyclic amines) is 1. The van der Waals surface area contributed by atoms with E-state index in [1.54, 1.807) is 6.92 Å². The zero-order valence-electron chi connectivity index (χ0n) is 7.75. The Labute approximate surface area is 73.9 Å². The quantitative estimate of drug-likeness (QED) is 0.581. The van der Waals surface area contributed by atoms with Gasteiger partial charge in [0.15, 0.2) is 0 Å². The maximum absolute atomic E-state index is 11.0. The molecule has 1 aliphatic carbocycles. The smallest absolute Gasteiger partial charge is 0.219 e. The SMILES string of the molecule is CC(=O)N1CCC(C2CC2)CC1. The van der Waals surface area contributed by atoms with Crippen molar-refractivity contribution in [1.82, 2.24) is 4.90 Å². The highest BCUT2D eigenvalue weighted by molar-refractivity contribution is 5.73. The highest BCUT2D eigenvalue weighted by Crippen LogP contribution is 2.41. The van der Waals surface area contributed by atoms with Crippen LogP contribution in [0.2, 0.25) is 0 Å². The predicted molar refractivity (Wildman–Crippen MR) is 47.7 cm³/mol. The molecule has 2 aliphatic rings. The topological polar surface area (TPSA) is 20.3 Å². The number of carbonyl (C=O) groups is 1. The average molecular weight is 167 g/mol. The summed E-state index contributed by atoms with van der Waals surface area (Å²) in [5.74, 6) is 2.23. The van der Waals surface area contributed by atoms with Gasteiger partial charge < -0.3 is 4.90 Å². The molecule has 12 heavy (non-hydrogen) atoms. The summed E-state index contributed by atoms with van der Waals surface area (Å²) in [4.78, 5) is 13.0. The monoisotopic (exact) mass is 167 g/mol. The fourth-order valence-electron chi connectivity index (χ4n) is 2.25. The van der Waals surface area contributed by atoms with Gasteiger partial charge in [0.1, 0.15) is 0 Å². The Kier molecular flexibility index (Phi) is 2.07. The van der Waals surface area contributed by atoms with Gasteiger partial charge in [-0.15, -0.1) is 0 Å². The molecule has 2 rings (SSSR count). The molecule has 1 saturated carbocycles. The Hall–Kier alpha value is -0.530. The van der Waals surface area contributed by atoms with Crippen LogP contribution in [0.3, 0.4) is 0 Å². The highest BCUT2D eigenvalue weighted by Gasteiger charge is 2.33. The maximum Gasteiger partial charge on any atom is 0.219 e. The van der Waals surface area contributed by atoms with Gasteiger partial charge in [0.2, 0.25) is 5.91 Å². The third kappa shape index (κ3) is 1.62. The Morgan fingerprint density at radius 1 is 1.08 bits per heavy atom. The van der Waals surface area contributed by atoms with Crippen LogP contribution in [0.1, 0.15) is 32.6 Å². The van der Waals surface area contributed by atoms with E-state index in [1.165, 1.54) is 25.7 Å². The molecule has 1 saturated heterocycles. The first-order chi connectivity index (χ1) is 5.77. The van der Waals surface area contributed by atoms with Crippen LogP contribution in [-0.2, 0) is 4.79 Å². The number of rotatable bonds is 1. The summed E-state index contributed by atoms with van der Waals surface area (Å²) in [6.07, 6.45) is 5.41. The molecular formula is C10H17NO. The zero-order chi connectivity index (χ0) is 8.55. The number of piperidine rings is 1. The van der Waals surface area contributed by atoms with Crippen LogP contribution in [0.15, 0.2) is 0 Å². The van der Waals surface area contributed by atoms with E-state index in [0.29, 0.717) is 0 Å². The molecule has 0 radical (unpaired) electrons. The minimum absolute atomic E-state index is 0.254. The van der Waals surface area contributed by atoms with E-state index in [0.717, 1.165) is 24.9 Å². The molecule has 0 atom stereocenters. The molecule has 1 amide bonds. The molecular weight excluding hydrogens is 150 g/mol. The Bertz CT molecular complexity index is 178. The number of hydrogen-bond acceptors (Lipinski definition) is 1. The molecule has 0 aromatic heterocycles. The molecule has 2 fully saturated rings. The first kappa shape index (κ1) is 8.09. The lowest BCUT2D eigenvalue weighted by atomic mass is 9.92. The van der Waals surface area contributed by atoms with Crippen LogP contribution in [0, 0.1) is 11.8 Å². The van der Waals surface area contributed by atoms with Gasteiger partial charge in [-0.3, -0.25) is 4.79 Å². The van der Waals surface area contributed by atoms with Crippen LogP contribution in [0.25, 0.3) is 0 Å². The van der Waals surface area contributed by atoms with Crippen molar-refractivity contribution in [2.45, 2.75) is 32.6 Å². The third-order valence-electron chi connectivity index (χ3n) is 3.27. The summed E-state index contributed by atoms with van der Waals surface area (Å²) in [5.41, 5.74) is 0. The molecule has 0 spiro atoms. The van der Waals surface area contributed by atoms with Gasteiger partial charge in [0.05, 0.1) is 0 Å². The standard InChI is InChI=1S/C10H17NO/c1-8(12)11-6-4-10(5-7-11)9-2-3-9/h9-10H,2-7H2,1H3. The van der Waals surface area contributed by atoms with Crippen LogP contribution in [0.4, 0.5) is 0 Å². The number of carbonyl (C=O) groups excluding carboxylic acids is 1. The number of amides is 1. The summed E-state index contributed by atoms with van der Waals surface area (Å²) >= 11 is 0. The van der Waals surface area contributed by atoms with E-state index in [9.17, 15) is 4.79 Å². The first-order valence-electron chi connectivity index (χ1n) is 5.03. The Morgan fingerprint density at radius 3 is 2.00 bits per heavy atom. The van der Waals surface area contributed by atoms with E-state index < -0.39 is 0 Å². The van der Waals surface area contributed by atoms with Crippen molar-refractivity contribution in [3.05, 3.63) is 0 Å². The normalized spacial score (nSPS) is 25.9. The fourth-order valence-corrected chi connectivity index (χ4v) is 2.25. The molecule has 2 nitrogen and oxygen atoms in total. The summed E-state index contributed by atoms with van der Waals surface area (Å²) in [6, 6.07) is 0. The first-order valence-corrected chi connectivity index (χ1v) is 5.03. The molecule has 1 aliphatic heterocycles. The Balaban J connectivity index is 1.80. The van der Waals surface area contributed by atoms with Crippen molar-refractivity contribution in [1.29, 1.82) is 0 Å². The van der Waals surface area contributed by atoms with Crippen molar-refractivity contribution in [3.8, 4) is 0 Å². The van der Waals surface area contributed by atoms with E-state index in [2.05, 4.69) is 0 Å². The molecule has 0 aromatic carbocycles. The van der Waals surface area contributed by atoms with Gasteiger partial charge in [-0.1, -0.05) is 0 Å². The summed E-state index contributed by atoms with van der Waals surface area (Å²) in [7, 11) is 0. The molecule has 2 heteroatoms. The van der Waals surface area contributed by atoms with Crippen LogP contribution in [0.5, 0.6) is 0 Å². The molecule has 0 N–H and O–H groups in total. The predicted octanol–water partition coefficient (Wildman–Crippen LogP) is 1.65. The number of hydrogen-bond donors (Lipinski definition) is 0. The lowest BCUT2D eigenvalue weighted by molar-refractivity contribution is -0.130. The summed E-state index contributed by atoms with van der Waals surface area (Å²) in [5, 5.41) is 0. The van der Waals surface area contributed by atoms with Gasteiger partial charge >= 0.3 is 0 Å². The second-order valence-electron chi connectivity index (χ2n) is 4.18. The molecule has 0 bridgehead atoms. The van der Waals surface area contributed by atoms with Gasteiger partial charge in [-0.25, -0.2) is 0 Å². The molecule has 1 heterocycles. The maximum atomic E-state index is 11.0. The minimum Gasteiger partial charge on any atom is -0.343 e. The van der Waals surface area contributed by atoms with Crippen molar-refractivity contribution >= 4 is 5.91 Å². The summed E-state index contributed by atoms with van der Waals surface area (Å²) < 4.78 is 0. The van der Waals surface area contributed by atoms with E-state index in [-0.39, 0.29) is 5.91 Å². The van der Waals surface area contributed by atoms with E-state index in [1.807, 2.05) is 4.90 Å². The van der Waals surface area contributed by atoms with Crippen LogP contribution in [-0.4, -0.2) is 23.9 Å². The second-order valence-corrected chi connectivity index (χ2v) is 4.18. The van der Waals surface area contributed by atoms with Crippen molar-refractivity contribution in [2.75, 3.05) is 13.1 Å². The van der Waals surface area contributed by atoms with Crippen LogP contribution < -0.4 is 0 Å². The minimum atomic E-state index is 0.254. The van der Waals surface area contributed by atoms with Gasteiger partial charge in [0, 0.05) is 20.0 Å². The molecule has 68 valence electrons. The summed E-state index contributed by atoms with van der Waals surface area (Å²) in [6.45, 7) is 3.70. The lowest BCUT2D eigenvalue weighted by Crippen LogP contribution is -2.37. The van der Waals surface area contributed by atoms with Gasteiger partial charge in [-0.05, 0) is 37.5 Å². The van der Waals surface area contributed by atoms with Crippen molar-refractivity contribution < 1.29 is 4.79 Å². The third-order valence-corrected chi connectivity index (χ3v) is 3.27. The van der Waals surface area contributed by atoms with Crippen LogP contribution >= 0.6 is 0 Å². The molecule has 0 aromatic rings. The van der Waals surface area contributed by atoms with Gasteiger partial charge in [-0.2, -0.15) is 0 Å². The average Bonchev–Trinajstić information content (AvgIpc) is 2.87. The van der Waals surface area contributed by atoms with Gasteiger partial charge in [0.25, 0.3) is 0 Å². The lowest BCUT2D eigenvalue weighted by Gasteiger charge is -2.31. The van der Waals surface area contributed by atoms with Crippen molar-refractivity contribution in [2.24, 2.45) is 11.8 Å². The largest absolute Gasteiger partial charge is 0.343 e. The highest BCUT2D eigenvalue weighted by atomic mass is 16.2. The fraction of sp³-hybridized carbons (Fsp3) is 0.900.